The van der Waals surface area contributed by atoms with Gasteiger partial charge in [0.1, 0.15) is 0 Å². The number of nitro groups is 1. The van der Waals surface area contributed by atoms with Gasteiger partial charge in [-0.15, -0.1) is 0 Å². The average molecular weight is 365 g/mol. The lowest BCUT2D eigenvalue weighted by Crippen LogP contribution is -2.15. The highest BCUT2D eigenvalue weighted by atomic mass is 16.6. The number of hydrogen-bond donors (Lipinski definition) is 2. The van der Waals surface area contributed by atoms with Crippen LogP contribution in [0, 0.1) is 23.0 Å². The quantitative estimate of drug-likeness (QED) is 0.460. The van der Waals surface area contributed by atoms with E-state index in [9.17, 15) is 19.7 Å². The number of non-ortho nitro benzene ring substituents is 1. The molecule has 1 saturated carbocycles. The Morgan fingerprint density at radius 1 is 1.11 bits per heavy atom. The second-order valence-electron chi connectivity index (χ2n) is 6.46. The van der Waals surface area contributed by atoms with Crippen molar-refractivity contribution < 1.29 is 14.5 Å². The summed E-state index contributed by atoms with van der Waals surface area (Å²) in [5.41, 5.74) is 2.85. The summed E-state index contributed by atoms with van der Waals surface area (Å²) in [5.74, 6) is -0.219. The first-order valence-electron chi connectivity index (χ1n) is 8.57. The van der Waals surface area contributed by atoms with E-state index in [0.29, 0.717) is 16.9 Å². The molecule has 138 valence electrons. The Bertz CT molecular complexity index is 915. The van der Waals surface area contributed by atoms with Gasteiger partial charge in [0.25, 0.3) is 5.69 Å². The predicted molar refractivity (Wildman–Crippen MR) is 103 cm³/mol. The molecule has 1 fully saturated rings. The smallest absolute Gasteiger partial charge is 0.269 e. The van der Waals surface area contributed by atoms with Crippen LogP contribution in [0.4, 0.5) is 17.1 Å². The fourth-order valence-corrected chi connectivity index (χ4v) is 2.48. The van der Waals surface area contributed by atoms with E-state index in [-0.39, 0.29) is 23.4 Å². The van der Waals surface area contributed by atoms with Crippen LogP contribution in [-0.4, -0.2) is 16.7 Å². The number of aryl methyl sites for hydroxylation is 1. The van der Waals surface area contributed by atoms with Crippen LogP contribution in [0.25, 0.3) is 6.08 Å². The molecular weight excluding hydrogens is 346 g/mol. The number of hydrogen-bond acceptors (Lipinski definition) is 4. The fourth-order valence-electron chi connectivity index (χ4n) is 2.48. The minimum Gasteiger partial charge on any atom is -0.326 e. The van der Waals surface area contributed by atoms with E-state index >= 15 is 0 Å². The molecule has 7 nitrogen and oxygen atoms in total. The first kappa shape index (κ1) is 18.3. The average Bonchev–Trinajstić information content (AvgIpc) is 3.48. The molecule has 0 radical (unpaired) electrons. The van der Waals surface area contributed by atoms with Gasteiger partial charge >= 0.3 is 0 Å². The zero-order valence-corrected chi connectivity index (χ0v) is 14.8. The van der Waals surface area contributed by atoms with Crippen LogP contribution in [0.1, 0.15) is 24.0 Å². The Kier molecular flexibility index (Phi) is 5.30. The molecule has 3 rings (SSSR count). The summed E-state index contributed by atoms with van der Waals surface area (Å²) in [6.07, 6.45) is 4.77. The van der Waals surface area contributed by atoms with E-state index in [2.05, 4.69) is 10.6 Å². The van der Waals surface area contributed by atoms with Crippen molar-refractivity contribution in [2.24, 2.45) is 5.92 Å². The zero-order chi connectivity index (χ0) is 19.4. The lowest BCUT2D eigenvalue weighted by Gasteiger charge is -2.10. The van der Waals surface area contributed by atoms with Crippen molar-refractivity contribution in [2.75, 3.05) is 10.6 Å². The van der Waals surface area contributed by atoms with Crippen molar-refractivity contribution >= 4 is 35.0 Å². The van der Waals surface area contributed by atoms with Gasteiger partial charge in [0, 0.05) is 35.5 Å². The minimum atomic E-state index is -0.475. The summed E-state index contributed by atoms with van der Waals surface area (Å²) < 4.78 is 0. The summed E-state index contributed by atoms with van der Waals surface area (Å²) in [4.78, 5) is 34.2. The van der Waals surface area contributed by atoms with E-state index in [1.54, 1.807) is 30.3 Å². The summed E-state index contributed by atoms with van der Waals surface area (Å²) in [6.45, 7) is 1.89. The fraction of sp³-hybridized carbons (Fsp3) is 0.200. The van der Waals surface area contributed by atoms with Gasteiger partial charge in [0.2, 0.25) is 11.8 Å². The highest BCUT2D eigenvalue weighted by Crippen LogP contribution is 2.31. The molecule has 2 amide bonds. The Hall–Kier alpha value is -3.48. The largest absolute Gasteiger partial charge is 0.326 e. The second-order valence-corrected chi connectivity index (χ2v) is 6.46. The van der Waals surface area contributed by atoms with Gasteiger partial charge in [0.15, 0.2) is 0 Å². The molecule has 2 aromatic rings. The van der Waals surface area contributed by atoms with Gasteiger partial charge in [-0.3, -0.25) is 19.7 Å². The molecular formula is C20H19N3O4. The molecule has 0 spiro atoms. The molecule has 0 aliphatic heterocycles. The number of anilines is 2. The van der Waals surface area contributed by atoms with Gasteiger partial charge in [-0.25, -0.2) is 0 Å². The number of rotatable bonds is 6. The normalized spacial score (nSPS) is 13.4. The van der Waals surface area contributed by atoms with Gasteiger partial charge in [-0.1, -0.05) is 6.07 Å². The number of carbonyl (C=O) groups excluding carboxylic acids is 2. The van der Waals surface area contributed by atoms with Crippen LogP contribution < -0.4 is 10.6 Å². The number of nitrogens with zero attached hydrogens (tertiary/aromatic N) is 1. The summed E-state index contributed by atoms with van der Waals surface area (Å²) in [6, 6.07) is 11.2. The number of amides is 2. The Balaban J connectivity index is 1.62. The van der Waals surface area contributed by atoms with Crippen molar-refractivity contribution in [3.05, 3.63) is 69.8 Å². The second kappa shape index (κ2) is 7.82. The first-order valence-corrected chi connectivity index (χ1v) is 8.57. The van der Waals surface area contributed by atoms with E-state index in [1.807, 2.05) is 13.0 Å². The maximum atomic E-state index is 12.1. The maximum Gasteiger partial charge on any atom is 0.269 e. The number of benzene rings is 2. The monoisotopic (exact) mass is 365 g/mol. The highest BCUT2D eigenvalue weighted by molar-refractivity contribution is 6.02. The number of nitrogens with one attached hydrogen (secondary N) is 2. The molecule has 0 saturated heterocycles. The molecule has 1 aliphatic carbocycles. The van der Waals surface area contributed by atoms with Crippen molar-refractivity contribution in [1.82, 2.24) is 0 Å². The van der Waals surface area contributed by atoms with Crippen LogP contribution in [0.3, 0.4) is 0 Å². The Morgan fingerprint density at radius 2 is 1.81 bits per heavy atom. The maximum absolute atomic E-state index is 12.1. The van der Waals surface area contributed by atoms with Crippen LogP contribution in [-0.2, 0) is 9.59 Å². The number of nitro benzene ring substituents is 1. The topological polar surface area (TPSA) is 101 Å². The summed E-state index contributed by atoms with van der Waals surface area (Å²) >= 11 is 0. The molecule has 27 heavy (non-hydrogen) atoms. The highest BCUT2D eigenvalue weighted by Gasteiger charge is 2.29. The Labute approximate surface area is 156 Å². The molecule has 0 heterocycles. The van der Waals surface area contributed by atoms with Crippen LogP contribution in [0.15, 0.2) is 48.5 Å². The molecule has 2 N–H and O–H groups in total. The summed E-state index contributed by atoms with van der Waals surface area (Å²) in [5, 5.41) is 16.3. The van der Waals surface area contributed by atoms with Gasteiger partial charge < -0.3 is 10.6 Å². The standard InChI is InChI=1S/C20H19N3O4/c1-13-2-8-16(12-18(13)22-20(25)15-6-7-15)21-19(24)11-5-14-3-9-17(10-4-14)23(26)27/h2-5,8-12,15H,6-7H2,1H3,(H,21,24)(H,22,25)/b11-5+. The Morgan fingerprint density at radius 3 is 2.44 bits per heavy atom. The van der Waals surface area contributed by atoms with Crippen LogP contribution in [0.5, 0.6) is 0 Å². The van der Waals surface area contributed by atoms with Crippen molar-refractivity contribution in [3.63, 3.8) is 0 Å². The SMILES string of the molecule is Cc1ccc(NC(=O)/C=C/c2ccc([N+](=O)[O-])cc2)cc1NC(=O)C1CC1. The van der Waals surface area contributed by atoms with Crippen molar-refractivity contribution in [3.8, 4) is 0 Å². The van der Waals surface area contributed by atoms with Crippen molar-refractivity contribution in [2.45, 2.75) is 19.8 Å². The third-order valence-corrected chi connectivity index (χ3v) is 4.24. The van der Waals surface area contributed by atoms with E-state index < -0.39 is 4.92 Å². The van der Waals surface area contributed by atoms with Crippen LogP contribution in [0.2, 0.25) is 0 Å². The predicted octanol–water partition coefficient (Wildman–Crippen LogP) is 3.90. The van der Waals surface area contributed by atoms with Crippen LogP contribution >= 0.6 is 0 Å². The molecule has 0 bridgehead atoms. The molecule has 0 unspecified atom stereocenters. The lowest BCUT2D eigenvalue weighted by molar-refractivity contribution is -0.384. The zero-order valence-electron chi connectivity index (χ0n) is 14.8. The van der Waals surface area contributed by atoms with E-state index in [1.165, 1.54) is 18.2 Å². The van der Waals surface area contributed by atoms with Crippen molar-refractivity contribution in [1.29, 1.82) is 0 Å². The molecule has 2 aromatic carbocycles. The third-order valence-electron chi connectivity index (χ3n) is 4.24. The summed E-state index contributed by atoms with van der Waals surface area (Å²) in [7, 11) is 0. The minimum absolute atomic E-state index is 0.00275. The van der Waals surface area contributed by atoms with E-state index in [4.69, 9.17) is 0 Å². The molecule has 0 atom stereocenters. The molecule has 7 heteroatoms. The van der Waals surface area contributed by atoms with Gasteiger partial charge in [0.05, 0.1) is 4.92 Å². The molecule has 0 aromatic heterocycles. The molecule has 1 aliphatic rings. The third kappa shape index (κ3) is 5.01. The van der Waals surface area contributed by atoms with Gasteiger partial charge in [-0.05, 0) is 61.2 Å². The van der Waals surface area contributed by atoms with Gasteiger partial charge in [-0.2, -0.15) is 0 Å². The number of carbonyl (C=O) groups is 2. The van der Waals surface area contributed by atoms with E-state index in [0.717, 1.165) is 18.4 Å². The lowest BCUT2D eigenvalue weighted by atomic mass is 10.1. The first-order chi connectivity index (χ1) is 12.9.